The number of thiophene rings is 1. The van der Waals surface area contributed by atoms with Crippen molar-refractivity contribution in [1.82, 2.24) is 0 Å². The molecule has 1 heterocycles. The number of carbonyl (C=O) groups is 2. The number of nitrogens with one attached hydrogen (secondary N) is 1. The van der Waals surface area contributed by atoms with Gasteiger partial charge >= 0.3 is 0 Å². The Morgan fingerprint density at radius 1 is 1.06 bits per heavy atom. The van der Waals surface area contributed by atoms with Gasteiger partial charge < -0.3 is 15.8 Å². The number of benzene rings is 2. The first kappa shape index (κ1) is 25.5. The molecule has 0 aliphatic rings. The Hall–Kier alpha value is -3.12. The van der Waals surface area contributed by atoms with Crippen LogP contribution >= 0.6 is 11.3 Å². The van der Waals surface area contributed by atoms with Crippen LogP contribution < -0.4 is 15.8 Å². The summed E-state index contributed by atoms with van der Waals surface area (Å²) in [5, 5.41) is 3.52. The molecule has 0 saturated heterocycles. The minimum absolute atomic E-state index is 0.130. The fourth-order valence-corrected chi connectivity index (χ4v) is 5.08. The third kappa shape index (κ3) is 6.26. The zero-order valence-electron chi connectivity index (χ0n) is 20.7. The number of ether oxygens (including phenoxy) is 1. The molecule has 34 heavy (non-hydrogen) atoms. The molecule has 2 aromatic carbocycles. The monoisotopic (exact) mass is 478 g/mol. The second-order valence-electron chi connectivity index (χ2n) is 9.44. The highest BCUT2D eigenvalue weighted by atomic mass is 32.1. The van der Waals surface area contributed by atoms with E-state index in [1.54, 1.807) is 0 Å². The summed E-state index contributed by atoms with van der Waals surface area (Å²) in [7, 11) is 0. The van der Waals surface area contributed by atoms with Crippen LogP contribution in [0.4, 0.5) is 5.00 Å². The van der Waals surface area contributed by atoms with Gasteiger partial charge in [0.15, 0.2) is 0 Å². The van der Waals surface area contributed by atoms with Crippen LogP contribution in [0.25, 0.3) is 0 Å². The number of carbonyl (C=O) groups excluding carboxylic acids is 2. The molecular weight excluding hydrogens is 444 g/mol. The zero-order valence-corrected chi connectivity index (χ0v) is 21.5. The van der Waals surface area contributed by atoms with Crippen molar-refractivity contribution in [2.24, 2.45) is 11.1 Å². The molecule has 0 fully saturated rings. The Kier molecular flexibility index (Phi) is 8.15. The fraction of sp³-hybridized carbons (Fsp3) is 0.357. The molecule has 6 heteroatoms. The maximum Gasteiger partial charge on any atom is 0.251 e. The van der Waals surface area contributed by atoms with Gasteiger partial charge in [0.1, 0.15) is 10.8 Å². The van der Waals surface area contributed by atoms with E-state index in [-0.39, 0.29) is 5.91 Å². The van der Waals surface area contributed by atoms with E-state index in [1.807, 2.05) is 77.1 Å². The van der Waals surface area contributed by atoms with Crippen molar-refractivity contribution in [3.63, 3.8) is 0 Å². The van der Waals surface area contributed by atoms with E-state index in [2.05, 4.69) is 11.4 Å². The number of hydrogen-bond donors (Lipinski definition) is 2. The molecule has 0 bridgehead atoms. The van der Waals surface area contributed by atoms with Gasteiger partial charge in [-0.25, -0.2) is 0 Å². The molecular formula is C28H34N2O3S. The molecule has 0 atom stereocenters. The summed E-state index contributed by atoms with van der Waals surface area (Å²) in [6.45, 7) is 10.3. The lowest BCUT2D eigenvalue weighted by Gasteiger charge is -2.23. The van der Waals surface area contributed by atoms with Crippen molar-refractivity contribution < 1.29 is 14.3 Å². The average molecular weight is 479 g/mol. The van der Waals surface area contributed by atoms with Crippen LogP contribution in [0.2, 0.25) is 0 Å². The largest absolute Gasteiger partial charge is 0.493 e. The van der Waals surface area contributed by atoms with E-state index < -0.39 is 11.3 Å². The summed E-state index contributed by atoms with van der Waals surface area (Å²) >= 11 is 1.42. The quantitative estimate of drug-likeness (QED) is 0.341. The predicted octanol–water partition coefficient (Wildman–Crippen LogP) is 6.19. The number of aryl methyl sites for hydroxylation is 2. The van der Waals surface area contributed by atoms with Crippen LogP contribution in [0, 0.1) is 26.2 Å². The van der Waals surface area contributed by atoms with Crippen molar-refractivity contribution in [1.29, 1.82) is 0 Å². The summed E-state index contributed by atoms with van der Waals surface area (Å²) in [5.74, 6) is 0.228. The Labute approximate surface area is 206 Å². The van der Waals surface area contributed by atoms with E-state index in [1.165, 1.54) is 11.3 Å². The van der Waals surface area contributed by atoms with Crippen LogP contribution in [0.1, 0.15) is 64.2 Å². The minimum Gasteiger partial charge on any atom is -0.493 e. The van der Waals surface area contributed by atoms with Gasteiger partial charge in [0.25, 0.3) is 5.91 Å². The third-order valence-electron chi connectivity index (χ3n) is 6.09. The second-order valence-corrected chi connectivity index (χ2v) is 10.5. The summed E-state index contributed by atoms with van der Waals surface area (Å²) < 4.78 is 5.95. The molecule has 3 N–H and O–H groups in total. The molecule has 0 saturated carbocycles. The first-order chi connectivity index (χ1) is 16.1. The van der Waals surface area contributed by atoms with Crippen molar-refractivity contribution in [2.45, 2.75) is 53.9 Å². The highest BCUT2D eigenvalue weighted by Crippen LogP contribution is 2.36. The van der Waals surface area contributed by atoms with E-state index in [9.17, 15) is 9.59 Å². The Morgan fingerprint density at radius 3 is 2.44 bits per heavy atom. The van der Waals surface area contributed by atoms with Gasteiger partial charge in [0.2, 0.25) is 5.91 Å². The van der Waals surface area contributed by atoms with Gasteiger partial charge in [0, 0.05) is 16.7 Å². The fourth-order valence-electron chi connectivity index (χ4n) is 3.84. The van der Waals surface area contributed by atoms with Crippen molar-refractivity contribution in [2.75, 3.05) is 11.9 Å². The van der Waals surface area contributed by atoms with Crippen LogP contribution in [0.3, 0.4) is 0 Å². The van der Waals surface area contributed by atoms with Gasteiger partial charge in [-0.1, -0.05) is 56.3 Å². The van der Waals surface area contributed by atoms with Crippen molar-refractivity contribution in [3.05, 3.63) is 81.2 Å². The Balaban J connectivity index is 1.65. The van der Waals surface area contributed by atoms with Crippen molar-refractivity contribution >= 4 is 28.2 Å². The molecule has 0 unspecified atom stereocenters. The van der Waals surface area contributed by atoms with E-state index >= 15 is 0 Å². The normalized spacial score (nSPS) is 11.3. The first-order valence-electron chi connectivity index (χ1n) is 11.6. The Bertz CT molecular complexity index is 1170. The first-order valence-corrected chi connectivity index (χ1v) is 12.4. The second kappa shape index (κ2) is 10.9. The maximum atomic E-state index is 13.2. The number of amides is 2. The average Bonchev–Trinajstić information content (AvgIpc) is 3.08. The van der Waals surface area contributed by atoms with Crippen LogP contribution in [-0.4, -0.2) is 18.4 Å². The number of primary amides is 1. The molecule has 0 aliphatic carbocycles. The number of anilines is 1. The summed E-state index contributed by atoms with van der Waals surface area (Å²) in [6, 6.07) is 16.2. The minimum atomic E-state index is -0.628. The third-order valence-corrected chi connectivity index (χ3v) is 7.30. The Morgan fingerprint density at radius 2 is 1.76 bits per heavy atom. The number of rotatable bonds is 10. The SMILES string of the molecule is Cc1ccc(C)c(OCCCC(C)(C)C(=O)Nc2sc(Cc3ccccc3)c(C)c2C(N)=O)c1. The molecule has 3 aromatic rings. The van der Waals surface area contributed by atoms with E-state index in [4.69, 9.17) is 10.5 Å². The van der Waals surface area contributed by atoms with Gasteiger partial charge in [0.05, 0.1) is 12.2 Å². The number of hydrogen-bond acceptors (Lipinski definition) is 4. The molecule has 0 spiro atoms. The summed E-state index contributed by atoms with van der Waals surface area (Å²) in [6.07, 6.45) is 2.07. The van der Waals surface area contributed by atoms with Gasteiger partial charge in [-0.3, -0.25) is 9.59 Å². The van der Waals surface area contributed by atoms with E-state index in [0.29, 0.717) is 30.0 Å². The molecule has 0 aliphatic heterocycles. The highest BCUT2D eigenvalue weighted by molar-refractivity contribution is 7.17. The molecule has 180 valence electrons. The maximum absolute atomic E-state index is 13.2. The molecule has 0 radical (unpaired) electrons. The van der Waals surface area contributed by atoms with Gasteiger partial charge in [-0.2, -0.15) is 0 Å². The molecule has 2 amide bonds. The van der Waals surface area contributed by atoms with Crippen LogP contribution in [-0.2, 0) is 11.2 Å². The topological polar surface area (TPSA) is 81.4 Å². The lowest BCUT2D eigenvalue weighted by atomic mass is 9.87. The van der Waals surface area contributed by atoms with Crippen LogP contribution in [0.15, 0.2) is 48.5 Å². The van der Waals surface area contributed by atoms with Crippen LogP contribution in [0.5, 0.6) is 5.75 Å². The smallest absolute Gasteiger partial charge is 0.251 e. The lowest BCUT2D eigenvalue weighted by molar-refractivity contribution is -0.124. The van der Waals surface area contributed by atoms with Gasteiger partial charge in [-0.15, -0.1) is 11.3 Å². The molecule has 5 nitrogen and oxygen atoms in total. The highest BCUT2D eigenvalue weighted by Gasteiger charge is 2.30. The predicted molar refractivity (Wildman–Crippen MR) is 140 cm³/mol. The standard InChI is InChI=1S/C28H34N2O3S/c1-18-12-13-19(2)22(16-18)33-15-9-14-28(4,5)27(32)30-26-24(25(29)31)20(3)23(34-26)17-21-10-7-6-8-11-21/h6-8,10-13,16H,9,14-15,17H2,1-5H3,(H2,29,31)(H,30,32). The van der Waals surface area contributed by atoms with E-state index in [0.717, 1.165) is 39.3 Å². The van der Waals surface area contributed by atoms with Crippen molar-refractivity contribution in [3.8, 4) is 5.75 Å². The molecule has 3 rings (SSSR count). The summed E-state index contributed by atoms with van der Waals surface area (Å²) in [4.78, 5) is 26.4. The molecule has 1 aromatic heterocycles. The van der Waals surface area contributed by atoms with Gasteiger partial charge in [-0.05, 0) is 61.9 Å². The summed E-state index contributed by atoms with van der Waals surface area (Å²) in [5.41, 5.74) is 9.68. The number of nitrogens with two attached hydrogens (primary N) is 1. The zero-order chi connectivity index (χ0) is 24.9. The lowest BCUT2D eigenvalue weighted by Crippen LogP contribution is -2.31.